The van der Waals surface area contributed by atoms with Crippen molar-refractivity contribution in [3.63, 3.8) is 0 Å². The molecule has 0 aromatic heterocycles. The van der Waals surface area contributed by atoms with Gasteiger partial charge in [0, 0.05) is 32.3 Å². The smallest absolute Gasteiger partial charge is 0.246 e. The third kappa shape index (κ3) is 5.78. The van der Waals surface area contributed by atoms with Crippen molar-refractivity contribution in [1.29, 1.82) is 0 Å². The summed E-state index contributed by atoms with van der Waals surface area (Å²) in [7, 11) is -3.37. The number of hydrogen-bond donors (Lipinski definition) is 0. The van der Waals surface area contributed by atoms with E-state index in [0.717, 1.165) is 11.1 Å². The van der Waals surface area contributed by atoms with Crippen LogP contribution in [0.1, 0.15) is 36.5 Å². The minimum atomic E-state index is -3.37. The first-order valence-electron chi connectivity index (χ1n) is 9.94. The molecule has 0 unspecified atom stereocenters. The van der Waals surface area contributed by atoms with Gasteiger partial charge in [-0.2, -0.15) is 4.31 Å². The molecule has 1 aliphatic rings. The van der Waals surface area contributed by atoms with Gasteiger partial charge in [0.1, 0.15) is 0 Å². The van der Waals surface area contributed by atoms with Crippen molar-refractivity contribution in [2.24, 2.45) is 0 Å². The van der Waals surface area contributed by atoms with Crippen molar-refractivity contribution in [2.45, 2.75) is 25.5 Å². The fourth-order valence-electron chi connectivity index (χ4n) is 3.33. The summed E-state index contributed by atoms with van der Waals surface area (Å²) < 4.78 is 26.7. The lowest BCUT2D eigenvalue weighted by molar-refractivity contribution is -0.127. The van der Waals surface area contributed by atoms with E-state index in [4.69, 9.17) is 0 Å². The zero-order chi connectivity index (χ0) is 20.9. The molecule has 0 N–H and O–H groups in total. The lowest BCUT2D eigenvalue weighted by Crippen LogP contribution is -2.50. The number of hydrogen-bond acceptors (Lipinski definition) is 3. The van der Waals surface area contributed by atoms with Crippen LogP contribution in [0.3, 0.4) is 0 Å². The highest BCUT2D eigenvalue weighted by Crippen LogP contribution is 2.16. The molecule has 0 saturated carbocycles. The second-order valence-corrected chi connectivity index (χ2v) is 9.59. The van der Waals surface area contributed by atoms with Crippen molar-refractivity contribution >= 4 is 22.0 Å². The Morgan fingerprint density at radius 1 is 0.966 bits per heavy atom. The highest BCUT2D eigenvalue weighted by atomic mass is 32.2. The quantitative estimate of drug-likeness (QED) is 0.683. The van der Waals surface area contributed by atoms with Gasteiger partial charge in [-0.05, 0) is 28.7 Å². The van der Waals surface area contributed by atoms with Crippen molar-refractivity contribution in [2.75, 3.05) is 26.2 Å². The molecule has 29 heavy (non-hydrogen) atoms. The minimum absolute atomic E-state index is 0.00589. The van der Waals surface area contributed by atoms with Crippen LogP contribution < -0.4 is 0 Å². The fraction of sp³-hybridized carbons (Fsp3) is 0.348. The number of nitrogens with zero attached hydrogens (tertiary/aromatic N) is 2. The van der Waals surface area contributed by atoms with Gasteiger partial charge in [-0.3, -0.25) is 4.79 Å². The molecule has 2 aromatic carbocycles. The van der Waals surface area contributed by atoms with E-state index < -0.39 is 10.0 Å². The Balaban J connectivity index is 1.53. The number of benzene rings is 2. The van der Waals surface area contributed by atoms with Crippen LogP contribution in [-0.2, 0) is 20.6 Å². The van der Waals surface area contributed by atoms with Gasteiger partial charge >= 0.3 is 0 Å². The monoisotopic (exact) mass is 412 g/mol. The molecule has 1 amide bonds. The number of piperazine rings is 1. The van der Waals surface area contributed by atoms with Crippen LogP contribution in [-0.4, -0.2) is 49.7 Å². The average Bonchev–Trinajstić information content (AvgIpc) is 2.73. The number of rotatable bonds is 6. The molecule has 1 fully saturated rings. The van der Waals surface area contributed by atoms with Crippen LogP contribution in [0, 0.1) is 0 Å². The Labute approximate surface area is 173 Å². The van der Waals surface area contributed by atoms with E-state index in [2.05, 4.69) is 26.0 Å². The predicted octanol–water partition coefficient (Wildman–Crippen LogP) is 3.50. The Kier molecular flexibility index (Phi) is 6.87. The van der Waals surface area contributed by atoms with Gasteiger partial charge in [0.25, 0.3) is 0 Å². The third-order valence-corrected chi connectivity index (χ3v) is 7.01. The number of carbonyl (C=O) groups excluding carboxylic acids is 1. The van der Waals surface area contributed by atoms with Crippen LogP contribution >= 0.6 is 0 Å². The third-order valence-electron chi connectivity index (χ3n) is 5.16. The number of sulfonamides is 1. The first-order valence-corrected chi connectivity index (χ1v) is 11.5. The molecule has 0 aliphatic carbocycles. The maximum absolute atomic E-state index is 12.6. The molecule has 154 valence electrons. The summed E-state index contributed by atoms with van der Waals surface area (Å²) in [4.78, 5) is 14.2. The molecule has 0 bridgehead atoms. The van der Waals surface area contributed by atoms with Crippen LogP contribution in [0.15, 0.2) is 60.7 Å². The molecule has 6 heteroatoms. The number of carbonyl (C=O) groups is 1. The van der Waals surface area contributed by atoms with E-state index in [1.54, 1.807) is 11.0 Å². The topological polar surface area (TPSA) is 57.7 Å². The van der Waals surface area contributed by atoms with Crippen LogP contribution in [0.25, 0.3) is 6.08 Å². The van der Waals surface area contributed by atoms with Crippen molar-refractivity contribution < 1.29 is 13.2 Å². The summed E-state index contributed by atoms with van der Waals surface area (Å²) in [5, 5.41) is 0. The zero-order valence-corrected chi connectivity index (χ0v) is 17.8. The van der Waals surface area contributed by atoms with E-state index >= 15 is 0 Å². The zero-order valence-electron chi connectivity index (χ0n) is 17.0. The Hall–Kier alpha value is -2.44. The van der Waals surface area contributed by atoms with Gasteiger partial charge in [0.2, 0.25) is 15.9 Å². The van der Waals surface area contributed by atoms with Crippen LogP contribution in [0.2, 0.25) is 0 Å². The van der Waals surface area contributed by atoms with Gasteiger partial charge < -0.3 is 4.90 Å². The predicted molar refractivity (Wildman–Crippen MR) is 117 cm³/mol. The van der Waals surface area contributed by atoms with E-state index in [-0.39, 0.29) is 11.7 Å². The molecule has 1 aliphatic heterocycles. The Morgan fingerprint density at radius 3 is 2.17 bits per heavy atom. The Morgan fingerprint density at radius 2 is 1.59 bits per heavy atom. The standard InChI is InChI=1S/C23H28N2O3S/c1-19(2)22-11-8-20(9-12-22)10-13-23(26)24-14-16-25(17-15-24)29(27,28)18-21-6-4-3-5-7-21/h3-13,19H,14-18H2,1-2H3/b13-10+. The van der Waals surface area contributed by atoms with Gasteiger partial charge in [-0.1, -0.05) is 68.4 Å². The number of amides is 1. The first-order chi connectivity index (χ1) is 13.8. The molecule has 1 saturated heterocycles. The van der Waals surface area contributed by atoms with Gasteiger partial charge in [0.15, 0.2) is 0 Å². The molecule has 2 aromatic rings. The molecular weight excluding hydrogens is 384 g/mol. The highest BCUT2D eigenvalue weighted by molar-refractivity contribution is 7.88. The van der Waals surface area contributed by atoms with Crippen molar-refractivity contribution in [3.05, 3.63) is 77.4 Å². The average molecular weight is 413 g/mol. The summed E-state index contributed by atoms with van der Waals surface area (Å²) >= 11 is 0. The molecule has 0 radical (unpaired) electrons. The second-order valence-electron chi connectivity index (χ2n) is 7.62. The maximum Gasteiger partial charge on any atom is 0.246 e. The van der Waals surface area contributed by atoms with E-state index in [0.29, 0.717) is 32.1 Å². The molecule has 5 nitrogen and oxygen atoms in total. The minimum Gasteiger partial charge on any atom is -0.337 e. The fourth-order valence-corrected chi connectivity index (χ4v) is 4.84. The molecule has 1 heterocycles. The second kappa shape index (κ2) is 9.37. The van der Waals surface area contributed by atoms with E-state index in [1.807, 2.05) is 48.5 Å². The first kappa shape index (κ1) is 21.3. The van der Waals surface area contributed by atoms with Gasteiger partial charge in [-0.25, -0.2) is 8.42 Å². The van der Waals surface area contributed by atoms with E-state index in [1.165, 1.54) is 9.87 Å². The Bertz CT molecular complexity index is 943. The summed E-state index contributed by atoms with van der Waals surface area (Å²) in [5.41, 5.74) is 3.02. The largest absolute Gasteiger partial charge is 0.337 e. The lowest BCUT2D eigenvalue weighted by Gasteiger charge is -2.33. The molecule has 0 atom stereocenters. The van der Waals surface area contributed by atoms with Crippen LogP contribution in [0.4, 0.5) is 0 Å². The SMILES string of the molecule is CC(C)c1ccc(/C=C/C(=O)N2CCN(S(=O)(=O)Cc3ccccc3)CC2)cc1. The molecular formula is C23H28N2O3S. The van der Waals surface area contributed by atoms with Gasteiger partial charge in [0.05, 0.1) is 5.75 Å². The summed E-state index contributed by atoms with van der Waals surface area (Å²) in [6, 6.07) is 17.3. The normalized spacial score (nSPS) is 15.9. The van der Waals surface area contributed by atoms with Crippen molar-refractivity contribution in [3.8, 4) is 0 Å². The summed E-state index contributed by atoms with van der Waals surface area (Å²) in [6.45, 7) is 5.77. The highest BCUT2D eigenvalue weighted by Gasteiger charge is 2.28. The van der Waals surface area contributed by atoms with Crippen molar-refractivity contribution in [1.82, 2.24) is 9.21 Å². The summed E-state index contributed by atoms with van der Waals surface area (Å²) in [6.07, 6.45) is 3.38. The maximum atomic E-state index is 12.6. The molecule has 0 spiro atoms. The van der Waals surface area contributed by atoms with E-state index in [9.17, 15) is 13.2 Å². The van der Waals surface area contributed by atoms with Gasteiger partial charge in [-0.15, -0.1) is 0 Å². The van der Waals surface area contributed by atoms with Crippen LogP contribution in [0.5, 0.6) is 0 Å². The summed E-state index contributed by atoms with van der Waals surface area (Å²) in [5.74, 6) is 0.385. The lowest BCUT2D eigenvalue weighted by atomic mass is 10.0. The molecule has 3 rings (SSSR count).